The largest absolute Gasteiger partial charge is 0.390 e. The summed E-state index contributed by atoms with van der Waals surface area (Å²) in [6.45, 7) is 5.46. The smallest absolute Gasteiger partial charge is 0.156 e. The van der Waals surface area contributed by atoms with E-state index in [-0.39, 0.29) is 28.6 Å². The maximum absolute atomic E-state index is 12.2. The van der Waals surface area contributed by atoms with Crippen LogP contribution in [0.3, 0.4) is 0 Å². The fourth-order valence-electron chi connectivity index (χ4n) is 8.07. The van der Waals surface area contributed by atoms with Crippen molar-refractivity contribution in [3.63, 3.8) is 0 Å². The van der Waals surface area contributed by atoms with E-state index in [4.69, 9.17) is 0 Å². The van der Waals surface area contributed by atoms with Crippen molar-refractivity contribution < 1.29 is 18.3 Å². The Hall–Kier alpha value is -1.92. The maximum atomic E-state index is 12.2. The molecule has 0 aromatic heterocycles. The van der Waals surface area contributed by atoms with Crippen LogP contribution in [0.5, 0.6) is 0 Å². The number of aliphatic hydroxyl groups is 1. The molecular formula is C29H37NO4S. The molecule has 1 N–H and O–H groups in total. The SMILES string of the molecule is C[C@]1(O)CC[C@H]2[C@@H]3CCC4=CC(=O)CCC4=C3[C@@H](c3ccc(N4CCS(=O)(=O)CC4)cc3)C[C@@]21C. The Kier molecular flexibility index (Phi) is 5.39. The molecule has 1 saturated heterocycles. The highest BCUT2D eigenvalue weighted by Gasteiger charge is 2.61. The van der Waals surface area contributed by atoms with Crippen LogP contribution in [0.25, 0.3) is 0 Å². The van der Waals surface area contributed by atoms with E-state index in [9.17, 15) is 18.3 Å². The van der Waals surface area contributed by atoms with Crippen LogP contribution in [0.4, 0.5) is 5.69 Å². The van der Waals surface area contributed by atoms with Gasteiger partial charge in [0, 0.05) is 36.5 Å². The molecular weight excluding hydrogens is 458 g/mol. The lowest BCUT2D eigenvalue weighted by Gasteiger charge is -2.54. The fourth-order valence-corrected chi connectivity index (χ4v) is 9.27. The minimum Gasteiger partial charge on any atom is -0.390 e. The molecule has 5 atom stereocenters. The molecule has 1 aliphatic heterocycles. The Morgan fingerprint density at radius 1 is 1.00 bits per heavy atom. The molecule has 6 rings (SSSR count). The van der Waals surface area contributed by atoms with Crippen LogP contribution in [0.15, 0.2) is 47.1 Å². The number of fused-ring (bicyclic) bond motifs is 4. The van der Waals surface area contributed by atoms with Gasteiger partial charge in [-0.2, -0.15) is 0 Å². The lowest BCUT2D eigenvalue weighted by molar-refractivity contribution is -0.114. The molecule has 0 amide bonds. The third-order valence-corrected chi connectivity index (χ3v) is 11.9. The van der Waals surface area contributed by atoms with Gasteiger partial charge >= 0.3 is 0 Å². The van der Waals surface area contributed by atoms with Crippen molar-refractivity contribution in [1.29, 1.82) is 0 Å². The number of allylic oxidation sites excluding steroid dienone is 4. The van der Waals surface area contributed by atoms with Crippen molar-refractivity contribution in [2.75, 3.05) is 29.5 Å². The number of nitrogens with zero attached hydrogens (tertiary/aromatic N) is 1. The first-order valence-corrected chi connectivity index (χ1v) is 15.1. The molecule has 6 heteroatoms. The lowest BCUT2D eigenvalue weighted by atomic mass is 9.51. The first-order chi connectivity index (χ1) is 16.6. The van der Waals surface area contributed by atoms with Gasteiger partial charge in [-0.1, -0.05) is 24.6 Å². The number of hydrogen-bond acceptors (Lipinski definition) is 5. The van der Waals surface area contributed by atoms with Crippen molar-refractivity contribution in [2.24, 2.45) is 17.3 Å². The fraction of sp³-hybridized carbons (Fsp3) is 0.621. The Labute approximate surface area is 209 Å². The van der Waals surface area contributed by atoms with Crippen LogP contribution in [0, 0.1) is 17.3 Å². The van der Waals surface area contributed by atoms with Gasteiger partial charge in [0.1, 0.15) is 0 Å². The van der Waals surface area contributed by atoms with Crippen LogP contribution in [-0.2, 0) is 14.6 Å². The van der Waals surface area contributed by atoms with Crippen LogP contribution in [0.1, 0.15) is 70.3 Å². The van der Waals surface area contributed by atoms with Crippen molar-refractivity contribution >= 4 is 21.3 Å². The number of carbonyl (C=O) groups is 1. The highest BCUT2D eigenvalue weighted by Crippen LogP contribution is 2.66. The van der Waals surface area contributed by atoms with Crippen molar-refractivity contribution in [3.8, 4) is 0 Å². The zero-order chi connectivity index (χ0) is 24.6. The molecule has 188 valence electrons. The van der Waals surface area contributed by atoms with Gasteiger partial charge in [0.05, 0.1) is 17.1 Å². The van der Waals surface area contributed by atoms with Crippen molar-refractivity contribution in [3.05, 3.63) is 52.6 Å². The monoisotopic (exact) mass is 495 g/mol. The van der Waals surface area contributed by atoms with Gasteiger partial charge in [0.15, 0.2) is 15.6 Å². The van der Waals surface area contributed by atoms with E-state index in [0.29, 0.717) is 31.3 Å². The number of ketones is 1. The Balaban J connectivity index is 1.39. The molecule has 1 aromatic carbocycles. The number of carbonyl (C=O) groups excluding carboxylic acids is 1. The normalized spacial score (nSPS) is 38.5. The predicted octanol–water partition coefficient (Wildman–Crippen LogP) is 4.57. The number of anilines is 1. The second-order valence-corrected chi connectivity index (χ2v) is 14.3. The van der Waals surface area contributed by atoms with Crippen LogP contribution >= 0.6 is 0 Å². The average Bonchev–Trinajstić information content (AvgIpc) is 3.07. The molecule has 35 heavy (non-hydrogen) atoms. The highest BCUT2D eigenvalue weighted by molar-refractivity contribution is 7.91. The van der Waals surface area contributed by atoms with E-state index in [2.05, 4.69) is 36.1 Å². The number of rotatable bonds is 2. The molecule has 1 aromatic rings. The topological polar surface area (TPSA) is 74.7 Å². The second kappa shape index (κ2) is 8.04. The number of sulfone groups is 1. The van der Waals surface area contributed by atoms with Crippen molar-refractivity contribution in [2.45, 2.75) is 70.3 Å². The van der Waals surface area contributed by atoms with E-state index < -0.39 is 15.4 Å². The van der Waals surface area contributed by atoms with Crippen LogP contribution < -0.4 is 4.90 Å². The average molecular weight is 496 g/mol. The van der Waals surface area contributed by atoms with Gasteiger partial charge in [-0.15, -0.1) is 0 Å². The quantitative estimate of drug-likeness (QED) is 0.651. The summed E-state index contributed by atoms with van der Waals surface area (Å²) in [5.41, 5.74) is 5.82. The minimum absolute atomic E-state index is 0.127. The van der Waals surface area contributed by atoms with E-state index >= 15 is 0 Å². The predicted molar refractivity (Wildman–Crippen MR) is 138 cm³/mol. The Morgan fingerprint density at radius 3 is 2.43 bits per heavy atom. The summed E-state index contributed by atoms with van der Waals surface area (Å²) in [5.74, 6) is 1.91. The first kappa shape index (κ1) is 23.5. The number of benzene rings is 1. The van der Waals surface area contributed by atoms with Gasteiger partial charge in [-0.05, 0) is 92.2 Å². The molecule has 5 nitrogen and oxygen atoms in total. The molecule has 0 radical (unpaired) electrons. The molecule has 0 bridgehead atoms. The van der Waals surface area contributed by atoms with E-state index in [1.807, 2.05) is 13.0 Å². The van der Waals surface area contributed by atoms with Gasteiger partial charge in [-0.3, -0.25) is 4.79 Å². The molecule has 4 aliphatic carbocycles. The second-order valence-electron chi connectivity index (χ2n) is 12.0. The molecule has 0 spiro atoms. The zero-order valence-corrected chi connectivity index (χ0v) is 21.7. The van der Waals surface area contributed by atoms with E-state index in [0.717, 1.165) is 44.2 Å². The van der Waals surface area contributed by atoms with Crippen LogP contribution in [-0.4, -0.2) is 49.5 Å². The summed E-state index contributed by atoms with van der Waals surface area (Å²) in [4.78, 5) is 14.4. The van der Waals surface area contributed by atoms with Gasteiger partial charge in [0.2, 0.25) is 0 Å². The van der Waals surface area contributed by atoms with Gasteiger partial charge in [0.25, 0.3) is 0 Å². The minimum atomic E-state index is -2.90. The first-order valence-electron chi connectivity index (χ1n) is 13.3. The lowest BCUT2D eigenvalue weighted by Crippen LogP contribution is -2.50. The molecule has 2 saturated carbocycles. The number of hydrogen-bond donors (Lipinski definition) is 1. The summed E-state index contributed by atoms with van der Waals surface area (Å²) >= 11 is 0. The summed E-state index contributed by atoms with van der Waals surface area (Å²) in [6.07, 6.45) is 8.29. The maximum Gasteiger partial charge on any atom is 0.156 e. The van der Waals surface area contributed by atoms with Gasteiger partial charge < -0.3 is 10.0 Å². The standard InChI is InChI=1S/C29H37NO4S/c1-28-18-25(19-3-6-21(7-4-19)30-13-15-35(33,34)16-14-30)27-23-10-8-22(31)17-20(23)5-9-24(27)26(28)11-12-29(28,2)32/h3-4,6-7,17,24-26,32H,5,8-16,18H2,1-2H3/t24-,25+,26-,28-,29-/m0/s1. The molecule has 1 heterocycles. The van der Waals surface area contributed by atoms with Gasteiger partial charge in [-0.25, -0.2) is 8.42 Å². The summed E-state index contributed by atoms with van der Waals surface area (Å²) in [7, 11) is -2.90. The van der Waals surface area contributed by atoms with E-state index in [1.165, 1.54) is 16.7 Å². The molecule has 5 aliphatic rings. The zero-order valence-electron chi connectivity index (χ0n) is 20.9. The third kappa shape index (κ3) is 3.74. The summed E-state index contributed by atoms with van der Waals surface area (Å²) < 4.78 is 23.7. The third-order valence-electron chi connectivity index (χ3n) is 10.3. The Bertz CT molecular complexity index is 1210. The summed E-state index contributed by atoms with van der Waals surface area (Å²) in [5, 5.41) is 11.5. The summed E-state index contributed by atoms with van der Waals surface area (Å²) in [6, 6.07) is 8.76. The van der Waals surface area contributed by atoms with Crippen molar-refractivity contribution in [1.82, 2.24) is 0 Å². The van der Waals surface area contributed by atoms with Crippen LogP contribution in [0.2, 0.25) is 0 Å². The highest BCUT2D eigenvalue weighted by atomic mass is 32.2. The van der Waals surface area contributed by atoms with E-state index in [1.54, 1.807) is 5.57 Å². The molecule has 3 fully saturated rings. The molecule has 0 unspecified atom stereocenters. The Morgan fingerprint density at radius 2 is 1.71 bits per heavy atom.